The van der Waals surface area contributed by atoms with Crippen molar-refractivity contribution in [1.82, 2.24) is 0 Å². The van der Waals surface area contributed by atoms with E-state index in [-0.39, 0.29) is 15.7 Å². The Morgan fingerprint density at radius 3 is 2.33 bits per heavy atom. The Balaban J connectivity index is 2.95. The molecule has 0 bridgehead atoms. The van der Waals surface area contributed by atoms with Crippen molar-refractivity contribution < 1.29 is 23.1 Å². The Bertz CT molecular complexity index is 475. The van der Waals surface area contributed by atoms with Gasteiger partial charge in [-0.1, -0.05) is 23.2 Å². The van der Waals surface area contributed by atoms with E-state index >= 15 is 0 Å². The standard InChI is InChI=1S/C10H8Cl2F3NO2/c1-9(18,10(13,14)15)8(17)16-7-3-2-5(11)4-6(7)12/h2-4,18H,1H3,(H,16,17)/t9-/m1/s1. The number of aliphatic hydroxyl groups is 1. The number of carbonyl (C=O) groups excluding carboxylic acids is 1. The van der Waals surface area contributed by atoms with Gasteiger partial charge in [0.15, 0.2) is 0 Å². The first kappa shape index (κ1) is 15.1. The summed E-state index contributed by atoms with van der Waals surface area (Å²) < 4.78 is 37.2. The Morgan fingerprint density at radius 1 is 1.33 bits per heavy atom. The number of nitrogens with one attached hydrogen (secondary N) is 1. The second-order valence-electron chi connectivity index (χ2n) is 3.65. The maximum Gasteiger partial charge on any atom is 0.426 e. The van der Waals surface area contributed by atoms with Crippen molar-refractivity contribution in [3.8, 4) is 0 Å². The molecule has 8 heteroatoms. The molecule has 100 valence electrons. The molecule has 0 fully saturated rings. The molecule has 2 N–H and O–H groups in total. The summed E-state index contributed by atoms with van der Waals surface area (Å²) in [5.74, 6) is -1.63. The summed E-state index contributed by atoms with van der Waals surface area (Å²) in [4.78, 5) is 11.3. The van der Waals surface area contributed by atoms with Crippen molar-refractivity contribution in [2.45, 2.75) is 18.7 Å². The molecule has 1 amide bonds. The molecular formula is C10H8Cl2F3NO2. The minimum atomic E-state index is -5.09. The number of hydrogen-bond acceptors (Lipinski definition) is 2. The van der Waals surface area contributed by atoms with Crippen molar-refractivity contribution in [2.75, 3.05) is 5.32 Å². The molecule has 3 nitrogen and oxygen atoms in total. The zero-order valence-corrected chi connectivity index (χ0v) is 10.5. The summed E-state index contributed by atoms with van der Waals surface area (Å²) in [7, 11) is 0. The van der Waals surface area contributed by atoms with E-state index in [1.165, 1.54) is 18.2 Å². The molecule has 0 aliphatic heterocycles. The maximum atomic E-state index is 12.4. The van der Waals surface area contributed by atoms with Gasteiger partial charge < -0.3 is 10.4 Å². The van der Waals surface area contributed by atoms with Gasteiger partial charge in [0.05, 0.1) is 10.7 Å². The molecule has 1 aromatic carbocycles. The largest absolute Gasteiger partial charge is 0.426 e. The van der Waals surface area contributed by atoms with Crippen LogP contribution in [0.2, 0.25) is 10.0 Å². The molecule has 0 spiro atoms. The number of hydrogen-bond donors (Lipinski definition) is 2. The van der Waals surface area contributed by atoms with Gasteiger partial charge >= 0.3 is 6.18 Å². The number of rotatable bonds is 2. The highest BCUT2D eigenvalue weighted by atomic mass is 35.5. The second-order valence-corrected chi connectivity index (χ2v) is 4.49. The summed E-state index contributed by atoms with van der Waals surface area (Å²) in [5.41, 5.74) is -3.58. The monoisotopic (exact) mass is 301 g/mol. The average Bonchev–Trinajstić information content (AvgIpc) is 2.20. The van der Waals surface area contributed by atoms with Crippen LogP contribution < -0.4 is 5.32 Å². The lowest BCUT2D eigenvalue weighted by Gasteiger charge is -2.25. The smallest absolute Gasteiger partial charge is 0.373 e. The maximum absolute atomic E-state index is 12.4. The van der Waals surface area contributed by atoms with E-state index in [9.17, 15) is 18.0 Å². The van der Waals surface area contributed by atoms with Crippen LogP contribution in [0, 0.1) is 0 Å². The minimum Gasteiger partial charge on any atom is -0.373 e. The van der Waals surface area contributed by atoms with E-state index in [0.717, 1.165) is 0 Å². The molecule has 18 heavy (non-hydrogen) atoms. The summed E-state index contributed by atoms with van der Waals surface area (Å²) in [6, 6.07) is 3.82. The molecular weight excluding hydrogens is 294 g/mol. The van der Waals surface area contributed by atoms with Gasteiger partial charge in [0, 0.05) is 5.02 Å². The third kappa shape index (κ3) is 3.07. The lowest BCUT2D eigenvalue weighted by Crippen LogP contribution is -2.52. The fourth-order valence-corrected chi connectivity index (χ4v) is 1.42. The molecule has 0 saturated heterocycles. The molecule has 0 saturated carbocycles. The highest BCUT2D eigenvalue weighted by Crippen LogP contribution is 2.32. The molecule has 0 aliphatic carbocycles. The fraction of sp³-hybridized carbons (Fsp3) is 0.300. The van der Waals surface area contributed by atoms with E-state index in [0.29, 0.717) is 6.92 Å². The lowest BCUT2D eigenvalue weighted by molar-refractivity contribution is -0.242. The molecule has 1 aromatic rings. The average molecular weight is 302 g/mol. The molecule has 0 aromatic heterocycles. The number of carbonyl (C=O) groups is 1. The van der Waals surface area contributed by atoms with E-state index in [1.807, 2.05) is 5.32 Å². The number of halogens is 5. The first-order valence-corrected chi connectivity index (χ1v) is 5.37. The van der Waals surface area contributed by atoms with E-state index < -0.39 is 17.7 Å². The highest BCUT2D eigenvalue weighted by molar-refractivity contribution is 6.36. The van der Waals surface area contributed by atoms with Gasteiger partial charge in [-0.25, -0.2) is 0 Å². The van der Waals surface area contributed by atoms with Crippen LogP contribution in [0.3, 0.4) is 0 Å². The third-order valence-corrected chi connectivity index (χ3v) is 2.72. The predicted octanol–water partition coefficient (Wildman–Crippen LogP) is 3.25. The van der Waals surface area contributed by atoms with Gasteiger partial charge in [0.25, 0.3) is 5.91 Å². The minimum absolute atomic E-state index is 0.0335. The van der Waals surface area contributed by atoms with Gasteiger partial charge in [-0.2, -0.15) is 13.2 Å². The predicted molar refractivity (Wildman–Crippen MR) is 61.8 cm³/mol. The van der Waals surface area contributed by atoms with Crippen LogP contribution >= 0.6 is 23.2 Å². The van der Waals surface area contributed by atoms with Crippen LogP contribution in [-0.4, -0.2) is 22.8 Å². The molecule has 0 radical (unpaired) electrons. The fourth-order valence-electron chi connectivity index (χ4n) is 0.964. The van der Waals surface area contributed by atoms with E-state index in [4.69, 9.17) is 28.3 Å². The molecule has 0 unspecified atom stereocenters. The number of anilines is 1. The lowest BCUT2D eigenvalue weighted by atomic mass is 10.1. The van der Waals surface area contributed by atoms with Crippen LogP contribution in [0.15, 0.2) is 18.2 Å². The van der Waals surface area contributed by atoms with Crippen molar-refractivity contribution in [1.29, 1.82) is 0 Å². The summed E-state index contributed by atoms with van der Waals surface area (Å²) >= 11 is 11.3. The zero-order chi connectivity index (χ0) is 14.1. The zero-order valence-electron chi connectivity index (χ0n) is 8.98. The topological polar surface area (TPSA) is 49.3 Å². The van der Waals surface area contributed by atoms with Gasteiger partial charge in [0.2, 0.25) is 5.60 Å². The van der Waals surface area contributed by atoms with Crippen LogP contribution in [-0.2, 0) is 4.79 Å². The van der Waals surface area contributed by atoms with Gasteiger partial charge in [-0.3, -0.25) is 4.79 Å². The Morgan fingerprint density at radius 2 is 1.89 bits per heavy atom. The Hall–Kier alpha value is -0.980. The van der Waals surface area contributed by atoms with Gasteiger partial charge in [-0.05, 0) is 25.1 Å². The van der Waals surface area contributed by atoms with Crippen molar-refractivity contribution in [3.63, 3.8) is 0 Å². The van der Waals surface area contributed by atoms with Crippen molar-refractivity contribution in [2.24, 2.45) is 0 Å². The molecule has 1 rings (SSSR count). The van der Waals surface area contributed by atoms with Gasteiger partial charge in [-0.15, -0.1) is 0 Å². The normalized spacial score (nSPS) is 15.1. The van der Waals surface area contributed by atoms with Crippen LogP contribution in [0.4, 0.5) is 18.9 Å². The SMILES string of the molecule is C[C@@](O)(C(=O)Nc1ccc(Cl)cc1Cl)C(F)(F)F. The number of alkyl halides is 3. The number of benzene rings is 1. The van der Waals surface area contributed by atoms with Crippen molar-refractivity contribution >= 4 is 34.8 Å². The first-order chi connectivity index (χ1) is 8.05. The number of amides is 1. The summed E-state index contributed by atoms with van der Waals surface area (Å²) in [6.07, 6.45) is -5.09. The van der Waals surface area contributed by atoms with Gasteiger partial charge in [0.1, 0.15) is 0 Å². The van der Waals surface area contributed by atoms with Crippen LogP contribution in [0.25, 0.3) is 0 Å². The Kier molecular flexibility index (Phi) is 4.15. The van der Waals surface area contributed by atoms with Crippen LogP contribution in [0.5, 0.6) is 0 Å². The quantitative estimate of drug-likeness (QED) is 0.881. The molecule has 0 aliphatic rings. The first-order valence-electron chi connectivity index (χ1n) is 4.61. The summed E-state index contributed by atoms with van der Waals surface area (Å²) in [5, 5.41) is 11.2. The third-order valence-electron chi connectivity index (χ3n) is 2.17. The van der Waals surface area contributed by atoms with E-state index in [2.05, 4.69) is 0 Å². The Labute approximate surface area is 110 Å². The second kappa shape index (κ2) is 4.95. The van der Waals surface area contributed by atoms with E-state index in [1.54, 1.807) is 0 Å². The summed E-state index contributed by atoms with van der Waals surface area (Å²) in [6.45, 7) is 0.353. The highest BCUT2D eigenvalue weighted by Gasteiger charge is 2.55. The van der Waals surface area contributed by atoms with Crippen LogP contribution in [0.1, 0.15) is 6.92 Å². The molecule has 0 heterocycles. The molecule has 1 atom stereocenters. The van der Waals surface area contributed by atoms with Crippen molar-refractivity contribution in [3.05, 3.63) is 28.2 Å².